The first-order chi connectivity index (χ1) is 11.7. The van der Waals surface area contributed by atoms with E-state index < -0.39 is 0 Å². The minimum atomic E-state index is 0.0110. The molecule has 2 aromatic rings. The van der Waals surface area contributed by atoms with Gasteiger partial charge in [-0.25, -0.2) is 0 Å². The molecule has 0 saturated carbocycles. The Balaban J connectivity index is 1.41. The topological polar surface area (TPSA) is 32.3 Å². The predicted octanol–water partition coefficient (Wildman–Crippen LogP) is 2.91. The summed E-state index contributed by atoms with van der Waals surface area (Å²) < 4.78 is 0. The Morgan fingerprint density at radius 1 is 1.25 bits per heavy atom. The third-order valence-corrected chi connectivity index (χ3v) is 5.60. The fourth-order valence-corrected chi connectivity index (χ4v) is 4.18. The average molecular weight is 318 g/mol. The van der Waals surface area contributed by atoms with Gasteiger partial charge in [-0.3, -0.25) is 9.69 Å². The van der Waals surface area contributed by atoms with E-state index in [2.05, 4.69) is 22.2 Å². The Morgan fingerprint density at radius 3 is 2.83 bits per heavy atom. The van der Waals surface area contributed by atoms with E-state index in [-0.39, 0.29) is 5.91 Å². The first-order valence-corrected chi connectivity index (χ1v) is 8.72. The van der Waals surface area contributed by atoms with Crippen molar-refractivity contribution in [3.63, 3.8) is 0 Å². The number of nitrogens with zero attached hydrogens (tertiary/aromatic N) is 1. The number of piperidine rings is 3. The van der Waals surface area contributed by atoms with Crippen molar-refractivity contribution in [1.82, 2.24) is 10.2 Å². The zero-order chi connectivity index (χ0) is 16.5. The Kier molecular flexibility index (Phi) is 4.00. The number of benzene rings is 2. The Morgan fingerprint density at radius 2 is 2.08 bits per heavy atom. The second-order valence-electron chi connectivity index (χ2n) is 6.98. The van der Waals surface area contributed by atoms with Crippen LogP contribution in [-0.4, -0.2) is 36.5 Å². The Bertz CT molecular complexity index is 807. The normalized spacial score (nSPS) is 28.5. The molecule has 3 heterocycles. The van der Waals surface area contributed by atoms with E-state index in [0.29, 0.717) is 24.4 Å². The Hall–Kier alpha value is -2.31. The maximum absolute atomic E-state index is 12.5. The lowest BCUT2D eigenvalue weighted by Gasteiger charge is -2.48. The smallest absolute Gasteiger partial charge is 0.251 e. The number of fused-ring (bicyclic) bond motifs is 4. The summed E-state index contributed by atoms with van der Waals surface area (Å²) in [7, 11) is 0. The lowest BCUT2D eigenvalue weighted by molar-refractivity contribution is 0.0227. The van der Waals surface area contributed by atoms with E-state index in [4.69, 9.17) is 6.42 Å². The summed E-state index contributed by atoms with van der Waals surface area (Å²) in [4.78, 5) is 14.9. The molecule has 2 aromatic carbocycles. The van der Waals surface area contributed by atoms with Crippen LogP contribution in [0, 0.1) is 24.2 Å². The molecule has 4 atom stereocenters. The molecular formula is C21H22N2O. The molecule has 122 valence electrons. The highest BCUT2D eigenvalue weighted by atomic mass is 16.1. The molecule has 0 radical (unpaired) electrons. The number of amides is 1. The van der Waals surface area contributed by atoms with Crippen molar-refractivity contribution in [1.29, 1.82) is 0 Å². The van der Waals surface area contributed by atoms with Gasteiger partial charge in [-0.1, -0.05) is 30.3 Å². The van der Waals surface area contributed by atoms with Crippen molar-refractivity contribution < 1.29 is 4.79 Å². The molecule has 2 bridgehead atoms. The molecule has 1 amide bonds. The maximum atomic E-state index is 12.5. The van der Waals surface area contributed by atoms with Crippen LogP contribution in [0.3, 0.4) is 0 Å². The molecular weight excluding hydrogens is 296 g/mol. The summed E-state index contributed by atoms with van der Waals surface area (Å²) in [6, 6.07) is 14.4. The van der Waals surface area contributed by atoms with Crippen molar-refractivity contribution in [2.75, 3.05) is 19.6 Å². The van der Waals surface area contributed by atoms with Gasteiger partial charge in [0.05, 0.1) is 0 Å². The number of rotatable bonds is 3. The van der Waals surface area contributed by atoms with Crippen LogP contribution in [0.4, 0.5) is 0 Å². The summed E-state index contributed by atoms with van der Waals surface area (Å²) >= 11 is 0. The molecule has 3 aliphatic rings. The molecule has 0 aliphatic carbocycles. The second kappa shape index (κ2) is 6.30. The van der Waals surface area contributed by atoms with Crippen LogP contribution in [0.25, 0.3) is 10.8 Å². The largest absolute Gasteiger partial charge is 0.350 e. The second-order valence-corrected chi connectivity index (χ2v) is 6.98. The first kappa shape index (κ1) is 15.2. The van der Waals surface area contributed by atoms with Crippen LogP contribution in [-0.2, 0) is 0 Å². The molecule has 3 aliphatic heterocycles. The molecule has 0 spiro atoms. The first-order valence-electron chi connectivity index (χ1n) is 8.72. The lowest BCUT2D eigenvalue weighted by Crippen LogP contribution is -2.56. The molecule has 0 aromatic heterocycles. The van der Waals surface area contributed by atoms with E-state index in [0.717, 1.165) is 35.8 Å². The fraction of sp³-hybridized carbons (Fsp3) is 0.381. The number of carbonyl (C=O) groups is 1. The van der Waals surface area contributed by atoms with E-state index >= 15 is 0 Å². The van der Waals surface area contributed by atoms with Crippen LogP contribution in [0.15, 0.2) is 42.5 Å². The van der Waals surface area contributed by atoms with Gasteiger partial charge in [-0.15, -0.1) is 12.3 Å². The molecule has 5 rings (SSSR count). The highest BCUT2D eigenvalue weighted by Gasteiger charge is 2.39. The summed E-state index contributed by atoms with van der Waals surface area (Å²) in [5.74, 6) is 3.97. The van der Waals surface area contributed by atoms with Crippen molar-refractivity contribution in [3.05, 3.63) is 48.0 Å². The van der Waals surface area contributed by atoms with Crippen molar-refractivity contribution in [3.8, 4) is 12.3 Å². The van der Waals surface area contributed by atoms with Gasteiger partial charge < -0.3 is 5.32 Å². The molecule has 3 heteroatoms. The zero-order valence-electron chi connectivity index (χ0n) is 13.7. The van der Waals surface area contributed by atoms with Gasteiger partial charge in [0.15, 0.2) is 0 Å². The van der Waals surface area contributed by atoms with Gasteiger partial charge in [0.2, 0.25) is 0 Å². The maximum Gasteiger partial charge on any atom is 0.251 e. The molecule has 24 heavy (non-hydrogen) atoms. The van der Waals surface area contributed by atoms with Crippen molar-refractivity contribution in [2.24, 2.45) is 11.8 Å². The van der Waals surface area contributed by atoms with Gasteiger partial charge in [0.1, 0.15) is 0 Å². The van der Waals surface area contributed by atoms with Gasteiger partial charge in [0, 0.05) is 30.6 Å². The third kappa shape index (κ3) is 2.79. The fourth-order valence-electron chi connectivity index (χ4n) is 4.18. The number of hydrogen-bond donors (Lipinski definition) is 1. The van der Waals surface area contributed by atoms with Crippen LogP contribution in [0.5, 0.6) is 0 Å². The predicted molar refractivity (Wildman–Crippen MR) is 96.7 cm³/mol. The van der Waals surface area contributed by atoms with E-state index in [1.807, 2.05) is 36.4 Å². The summed E-state index contributed by atoms with van der Waals surface area (Å²) in [5.41, 5.74) is 0.728. The van der Waals surface area contributed by atoms with E-state index in [1.165, 1.54) is 6.42 Å². The third-order valence-electron chi connectivity index (χ3n) is 5.60. The molecule has 3 saturated heterocycles. The molecule has 3 nitrogen and oxygen atoms in total. The quantitative estimate of drug-likeness (QED) is 0.883. The monoisotopic (exact) mass is 318 g/mol. The number of hydrogen-bond acceptors (Lipinski definition) is 2. The minimum absolute atomic E-state index is 0.0110. The minimum Gasteiger partial charge on any atom is -0.350 e. The van der Waals surface area contributed by atoms with Crippen molar-refractivity contribution in [2.45, 2.75) is 18.9 Å². The van der Waals surface area contributed by atoms with Gasteiger partial charge in [-0.05, 0) is 48.2 Å². The van der Waals surface area contributed by atoms with Crippen LogP contribution in [0.2, 0.25) is 0 Å². The van der Waals surface area contributed by atoms with E-state index in [1.54, 1.807) is 0 Å². The SMILES string of the molecule is C#C[C@@H]1CN2CC[C@H]1C[C@@H]2CNC(=O)c1ccc2ccccc2c1. The molecule has 1 unspecified atom stereocenters. The highest BCUT2D eigenvalue weighted by Crippen LogP contribution is 2.35. The lowest BCUT2D eigenvalue weighted by atomic mass is 9.76. The standard InChI is InChI=1S/C21H22N2O/c1-2-15-14-23-10-9-18(15)12-20(23)13-22-21(24)19-8-7-16-5-3-4-6-17(16)11-19/h1,3-8,11,15,18,20H,9-10,12-14H2,(H,22,24)/t15-,18+,20-/m1/s1. The molecule has 3 fully saturated rings. The summed E-state index contributed by atoms with van der Waals surface area (Å²) in [5, 5.41) is 5.38. The molecule has 1 N–H and O–H groups in total. The zero-order valence-corrected chi connectivity index (χ0v) is 13.7. The van der Waals surface area contributed by atoms with Crippen LogP contribution >= 0.6 is 0 Å². The highest BCUT2D eigenvalue weighted by molar-refractivity contribution is 5.98. The van der Waals surface area contributed by atoms with E-state index in [9.17, 15) is 4.79 Å². The number of carbonyl (C=O) groups excluding carboxylic acids is 1. The summed E-state index contributed by atoms with van der Waals surface area (Å²) in [6.45, 7) is 2.80. The number of nitrogens with one attached hydrogen (secondary N) is 1. The van der Waals surface area contributed by atoms with Gasteiger partial charge in [-0.2, -0.15) is 0 Å². The Labute approximate surface area is 143 Å². The van der Waals surface area contributed by atoms with Gasteiger partial charge >= 0.3 is 0 Å². The average Bonchev–Trinajstić information content (AvgIpc) is 2.66. The van der Waals surface area contributed by atoms with Crippen LogP contribution < -0.4 is 5.32 Å². The van der Waals surface area contributed by atoms with Gasteiger partial charge in [0.25, 0.3) is 5.91 Å². The van der Waals surface area contributed by atoms with Crippen molar-refractivity contribution >= 4 is 16.7 Å². The number of terminal acetylenes is 1. The summed E-state index contributed by atoms with van der Waals surface area (Å²) in [6.07, 6.45) is 7.93. The van der Waals surface area contributed by atoms with Crippen LogP contribution in [0.1, 0.15) is 23.2 Å².